The molecule has 1 aromatic carbocycles. The van der Waals surface area contributed by atoms with E-state index in [2.05, 4.69) is 0 Å². The van der Waals surface area contributed by atoms with Crippen molar-refractivity contribution in [3.63, 3.8) is 0 Å². The van der Waals surface area contributed by atoms with Gasteiger partial charge < -0.3 is 14.4 Å². The maximum absolute atomic E-state index is 11.8. The van der Waals surface area contributed by atoms with Crippen molar-refractivity contribution in [3.05, 3.63) is 47.1 Å². The lowest BCUT2D eigenvalue weighted by Gasteiger charge is -2.45. The van der Waals surface area contributed by atoms with E-state index in [0.29, 0.717) is 18.1 Å². The summed E-state index contributed by atoms with van der Waals surface area (Å²) in [6.45, 7) is 0.439. The molecule has 1 saturated heterocycles. The lowest BCUT2D eigenvalue weighted by Crippen LogP contribution is -2.59. The monoisotopic (exact) mass is 305 g/mol. The Morgan fingerprint density at radius 3 is 2.81 bits per heavy atom. The van der Waals surface area contributed by atoms with E-state index in [4.69, 9.17) is 9.47 Å². The number of ether oxygens (including phenoxy) is 2. The number of thioether (sulfide) groups is 1. The van der Waals surface area contributed by atoms with Crippen LogP contribution in [0.25, 0.3) is 0 Å². The molecule has 2 heterocycles. The fraction of sp³-hybridized carbons (Fsp3) is 0.333. The van der Waals surface area contributed by atoms with Crippen LogP contribution in [0.15, 0.2) is 41.5 Å². The Hall–Kier alpha value is -1.95. The van der Waals surface area contributed by atoms with E-state index < -0.39 is 12.0 Å². The third kappa shape index (κ3) is 2.76. The Balaban J connectivity index is 1.71. The molecule has 0 saturated carbocycles. The van der Waals surface area contributed by atoms with Crippen LogP contribution in [0.2, 0.25) is 0 Å². The van der Waals surface area contributed by atoms with Gasteiger partial charge in [-0.05, 0) is 11.6 Å². The van der Waals surface area contributed by atoms with Crippen molar-refractivity contribution in [1.29, 1.82) is 0 Å². The van der Waals surface area contributed by atoms with Gasteiger partial charge in [-0.25, -0.2) is 4.79 Å². The summed E-state index contributed by atoms with van der Waals surface area (Å²) in [4.78, 5) is 25.0. The van der Waals surface area contributed by atoms with Gasteiger partial charge in [-0.15, -0.1) is 0 Å². The van der Waals surface area contributed by atoms with Crippen molar-refractivity contribution in [2.45, 2.75) is 24.4 Å². The molecule has 3 rings (SSSR count). The summed E-state index contributed by atoms with van der Waals surface area (Å²) in [5.74, 6) is -0.463. The molecule has 0 bridgehead atoms. The fourth-order valence-electron chi connectivity index (χ4n) is 2.33. The van der Waals surface area contributed by atoms with Gasteiger partial charge >= 0.3 is 5.97 Å². The highest BCUT2D eigenvalue weighted by Gasteiger charge is 2.47. The zero-order valence-electron chi connectivity index (χ0n) is 11.5. The van der Waals surface area contributed by atoms with E-state index in [9.17, 15) is 9.59 Å². The van der Waals surface area contributed by atoms with Crippen LogP contribution >= 0.6 is 11.8 Å². The Morgan fingerprint density at radius 2 is 2.14 bits per heavy atom. The zero-order valence-corrected chi connectivity index (χ0v) is 12.3. The normalized spacial score (nSPS) is 23.8. The fourth-order valence-corrected chi connectivity index (χ4v) is 3.52. The van der Waals surface area contributed by atoms with Crippen LogP contribution in [-0.4, -0.2) is 35.3 Å². The highest BCUT2D eigenvalue weighted by Crippen LogP contribution is 2.41. The molecule has 0 N–H and O–H groups in total. The maximum Gasteiger partial charge on any atom is 0.332 e. The average molecular weight is 305 g/mol. The van der Waals surface area contributed by atoms with Gasteiger partial charge in [-0.1, -0.05) is 42.1 Å². The smallest absolute Gasteiger partial charge is 0.332 e. The van der Waals surface area contributed by atoms with E-state index in [1.165, 1.54) is 18.9 Å². The molecule has 21 heavy (non-hydrogen) atoms. The standard InChI is InChI=1S/C15H15NO4S/c1-19-15(18)11-7-14(21-13-8-12(17)16(11)13)20-9-10-5-3-2-4-6-10/h2-7,11,13H,8-9H2,1H3/t11?,13-/m1/s1. The lowest BCUT2D eigenvalue weighted by molar-refractivity contribution is -0.157. The van der Waals surface area contributed by atoms with Crippen LogP contribution in [-0.2, 0) is 25.7 Å². The SMILES string of the molecule is COC(=O)C1C=C(OCc2ccccc2)S[C@@H]2CC(=O)N12. The minimum Gasteiger partial charge on any atom is -0.483 e. The first-order valence-corrected chi connectivity index (χ1v) is 7.51. The lowest BCUT2D eigenvalue weighted by atomic mass is 10.1. The average Bonchev–Trinajstić information content (AvgIpc) is 2.51. The summed E-state index contributed by atoms with van der Waals surface area (Å²) in [5, 5.41) is 0.639. The molecular weight excluding hydrogens is 290 g/mol. The largest absolute Gasteiger partial charge is 0.483 e. The molecule has 5 nitrogen and oxygen atoms in total. The molecule has 2 aliphatic heterocycles. The number of amides is 1. The number of carbonyl (C=O) groups excluding carboxylic acids is 2. The van der Waals surface area contributed by atoms with Crippen molar-refractivity contribution >= 4 is 23.6 Å². The van der Waals surface area contributed by atoms with Crippen LogP contribution in [0.3, 0.4) is 0 Å². The van der Waals surface area contributed by atoms with Gasteiger partial charge in [0.15, 0.2) is 11.1 Å². The van der Waals surface area contributed by atoms with Gasteiger partial charge in [0.25, 0.3) is 0 Å². The molecule has 2 aliphatic rings. The molecule has 0 radical (unpaired) electrons. The van der Waals surface area contributed by atoms with E-state index in [1.54, 1.807) is 11.0 Å². The first-order chi connectivity index (χ1) is 10.2. The molecule has 110 valence electrons. The summed E-state index contributed by atoms with van der Waals surface area (Å²) < 4.78 is 10.5. The number of fused-ring (bicyclic) bond motifs is 1. The number of nitrogens with zero attached hydrogens (tertiary/aromatic N) is 1. The van der Waals surface area contributed by atoms with Gasteiger partial charge in [0.05, 0.1) is 18.9 Å². The van der Waals surface area contributed by atoms with E-state index in [1.807, 2.05) is 30.3 Å². The van der Waals surface area contributed by atoms with Crippen molar-refractivity contribution in [2.24, 2.45) is 0 Å². The van der Waals surface area contributed by atoms with Gasteiger partial charge in [0.2, 0.25) is 5.91 Å². The summed E-state index contributed by atoms with van der Waals surface area (Å²) in [5.41, 5.74) is 1.06. The van der Waals surface area contributed by atoms with Crippen LogP contribution in [0, 0.1) is 0 Å². The number of hydrogen-bond donors (Lipinski definition) is 0. The molecule has 1 amide bonds. The summed E-state index contributed by atoms with van der Waals surface area (Å²) in [6.07, 6.45) is 2.09. The molecule has 0 spiro atoms. The summed E-state index contributed by atoms with van der Waals surface area (Å²) in [6, 6.07) is 9.13. The minimum atomic E-state index is -0.673. The predicted octanol–water partition coefficient (Wildman–Crippen LogP) is 1.89. The third-order valence-electron chi connectivity index (χ3n) is 3.46. The van der Waals surface area contributed by atoms with E-state index in [0.717, 1.165) is 5.56 Å². The van der Waals surface area contributed by atoms with Crippen LogP contribution < -0.4 is 0 Å². The quantitative estimate of drug-likeness (QED) is 0.628. The van der Waals surface area contributed by atoms with Crippen molar-refractivity contribution in [1.82, 2.24) is 4.90 Å². The number of methoxy groups -OCH3 is 1. The van der Waals surface area contributed by atoms with Crippen molar-refractivity contribution in [3.8, 4) is 0 Å². The molecule has 1 unspecified atom stereocenters. The first kappa shape index (κ1) is 14.0. The third-order valence-corrected chi connectivity index (χ3v) is 4.61. The highest BCUT2D eigenvalue weighted by atomic mass is 32.2. The second-order valence-corrected chi connectivity index (χ2v) is 5.99. The molecule has 6 heteroatoms. The summed E-state index contributed by atoms with van der Waals surface area (Å²) >= 11 is 1.47. The van der Waals surface area contributed by atoms with Gasteiger partial charge in [-0.2, -0.15) is 0 Å². The predicted molar refractivity (Wildman–Crippen MR) is 78.0 cm³/mol. The van der Waals surface area contributed by atoms with Crippen LogP contribution in [0.5, 0.6) is 0 Å². The number of β-lactam (4-membered cyclic amide) rings is 1. The molecule has 0 aromatic heterocycles. The van der Waals surface area contributed by atoms with Gasteiger partial charge in [0, 0.05) is 0 Å². The maximum atomic E-state index is 11.8. The Labute approximate surface area is 126 Å². The zero-order chi connectivity index (χ0) is 14.8. The Morgan fingerprint density at radius 1 is 1.38 bits per heavy atom. The number of benzene rings is 1. The number of hydrogen-bond acceptors (Lipinski definition) is 5. The van der Waals surface area contributed by atoms with Gasteiger partial charge in [-0.3, -0.25) is 4.79 Å². The molecule has 2 atom stereocenters. The number of rotatable bonds is 4. The van der Waals surface area contributed by atoms with Crippen molar-refractivity contribution < 1.29 is 19.1 Å². The van der Waals surface area contributed by atoms with Gasteiger partial charge in [0.1, 0.15) is 6.61 Å². The number of esters is 1. The van der Waals surface area contributed by atoms with E-state index in [-0.39, 0.29) is 11.3 Å². The van der Waals surface area contributed by atoms with Crippen molar-refractivity contribution in [2.75, 3.05) is 7.11 Å². The second-order valence-electron chi connectivity index (χ2n) is 4.81. The minimum absolute atomic E-state index is 0.0266. The molecule has 1 aromatic rings. The molecular formula is C15H15NO4S. The molecule has 1 fully saturated rings. The second kappa shape index (κ2) is 5.81. The van der Waals surface area contributed by atoms with E-state index >= 15 is 0 Å². The first-order valence-electron chi connectivity index (χ1n) is 6.63. The molecule has 0 aliphatic carbocycles. The van der Waals surface area contributed by atoms with Crippen LogP contribution in [0.4, 0.5) is 0 Å². The number of carbonyl (C=O) groups is 2. The van der Waals surface area contributed by atoms with Crippen LogP contribution in [0.1, 0.15) is 12.0 Å². The summed E-state index contributed by atoms with van der Waals surface area (Å²) in [7, 11) is 1.32. The highest BCUT2D eigenvalue weighted by molar-refractivity contribution is 8.03. The Kier molecular flexibility index (Phi) is 3.88. The Bertz CT molecular complexity index is 587. The topological polar surface area (TPSA) is 55.8 Å².